The highest BCUT2D eigenvalue weighted by Crippen LogP contribution is 2.41. The van der Waals surface area contributed by atoms with Crippen LogP contribution < -0.4 is 0 Å². The van der Waals surface area contributed by atoms with Gasteiger partial charge in [0.05, 0.1) is 12.2 Å². The van der Waals surface area contributed by atoms with E-state index < -0.39 is 0 Å². The first-order chi connectivity index (χ1) is 6.91. The molecule has 0 aromatic heterocycles. The number of hydrogen-bond acceptors (Lipinski definition) is 1. The Labute approximate surface area is 92.5 Å². The maximum atomic E-state index is 5.85. The Morgan fingerprint density at radius 3 is 2.47 bits per heavy atom. The Morgan fingerprint density at radius 2 is 1.93 bits per heavy atom. The zero-order chi connectivity index (χ0) is 11.1. The van der Waals surface area contributed by atoms with E-state index in [1.165, 1.54) is 11.1 Å². The van der Waals surface area contributed by atoms with E-state index in [-0.39, 0.29) is 11.0 Å². The molecule has 0 radical (unpaired) electrons. The molecule has 15 heavy (non-hydrogen) atoms. The van der Waals surface area contributed by atoms with Gasteiger partial charge in [0.25, 0.3) is 0 Å². The van der Waals surface area contributed by atoms with Crippen LogP contribution in [0.5, 0.6) is 0 Å². The molecule has 1 aliphatic rings. The maximum absolute atomic E-state index is 5.85. The van der Waals surface area contributed by atoms with E-state index >= 15 is 0 Å². The highest BCUT2D eigenvalue weighted by molar-refractivity contribution is 5.30. The summed E-state index contributed by atoms with van der Waals surface area (Å²) in [6.45, 7) is 9.63. The first-order valence-corrected chi connectivity index (χ1v) is 5.62. The molecular weight excluding hydrogens is 184 g/mol. The molecule has 1 heterocycles. The molecule has 1 aliphatic heterocycles. The van der Waals surface area contributed by atoms with Crippen LogP contribution in [-0.2, 0) is 10.2 Å². The van der Waals surface area contributed by atoms with E-state index in [1.807, 2.05) is 0 Å². The van der Waals surface area contributed by atoms with Gasteiger partial charge in [0.2, 0.25) is 0 Å². The van der Waals surface area contributed by atoms with Crippen molar-refractivity contribution in [3.8, 4) is 0 Å². The minimum atomic E-state index is 0.0263. The summed E-state index contributed by atoms with van der Waals surface area (Å²) in [5.74, 6) is 0. The van der Waals surface area contributed by atoms with Crippen LogP contribution in [0.25, 0.3) is 0 Å². The van der Waals surface area contributed by atoms with Crippen molar-refractivity contribution in [2.24, 2.45) is 0 Å². The molecule has 2 rings (SSSR count). The quantitative estimate of drug-likeness (QED) is 0.680. The van der Waals surface area contributed by atoms with Gasteiger partial charge in [-0.1, -0.05) is 36.8 Å². The molecule has 1 saturated heterocycles. The highest BCUT2D eigenvalue weighted by Gasteiger charge is 2.41. The highest BCUT2D eigenvalue weighted by atomic mass is 16.5. The average molecular weight is 204 g/mol. The predicted molar refractivity (Wildman–Crippen MR) is 63.2 cm³/mol. The smallest absolute Gasteiger partial charge is 0.0636 e. The number of aryl methyl sites for hydroxylation is 1. The molecule has 0 aliphatic carbocycles. The van der Waals surface area contributed by atoms with Gasteiger partial charge in [0.1, 0.15) is 0 Å². The summed E-state index contributed by atoms with van der Waals surface area (Å²) in [5, 5.41) is 0. The fraction of sp³-hybridized carbons (Fsp3) is 0.571. The fourth-order valence-electron chi connectivity index (χ4n) is 2.60. The van der Waals surface area contributed by atoms with Gasteiger partial charge < -0.3 is 4.74 Å². The summed E-state index contributed by atoms with van der Waals surface area (Å²) in [6, 6.07) is 8.79. The van der Waals surface area contributed by atoms with E-state index in [1.54, 1.807) is 0 Å². The van der Waals surface area contributed by atoms with Gasteiger partial charge in [0.15, 0.2) is 0 Å². The van der Waals surface area contributed by atoms with Crippen molar-refractivity contribution in [2.45, 2.75) is 45.1 Å². The van der Waals surface area contributed by atoms with Gasteiger partial charge in [-0.05, 0) is 32.8 Å². The van der Waals surface area contributed by atoms with Crippen molar-refractivity contribution < 1.29 is 4.74 Å². The molecule has 1 aromatic carbocycles. The normalized spacial score (nSPS) is 29.3. The largest absolute Gasteiger partial charge is 0.375 e. The van der Waals surface area contributed by atoms with Crippen LogP contribution in [-0.4, -0.2) is 12.2 Å². The first-order valence-electron chi connectivity index (χ1n) is 5.62. The molecular formula is C14H20O. The van der Waals surface area contributed by atoms with Crippen LogP contribution in [0.1, 0.15) is 38.3 Å². The van der Waals surface area contributed by atoms with Gasteiger partial charge >= 0.3 is 0 Å². The number of benzene rings is 1. The van der Waals surface area contributed by atoms with E-state index in [2.05, 4.69) is 52.0 Å². The van der Waals surface area contributed by atoms with Crippen LogP contribution in [0.4, 0.5) is 0 Å². The minimum absolute atomic E-state index is 0.0263. The zero-order valence-corrected chi connectivity index (χ0v) is 10.1. The molecule has 1 heteroatoms. The zero-order valence-electron chi connectivity index (χ0n) is 10.1. The topological polar surface area (TPSA) is 9.23 Å². The summed E-state index contributed by atoms with van der Waals surface area (Å²) in [5.41, 5.74) is 2.96. The monoisotopic (exact) mass is 204 g/mol. The summed E-state index contributed by atoms with van der Waals surface area (Å²) in [7, 11) is 0. The fourth-order valence-corrected chi connectivity index (χ4v) is 2.60. The third-order valence-corrected chi connectivity index (χ3v) is 3.31. The Bertz CT molecular complexity index is 367. The molecule has 0 amide bonds. The lowest BCUT2D eigenvalue weighted by molar-refractivity contribution is 0.0344. The van der Waals surface area contributed by atoms with Gasteiger partial charge in [-0.25, -0.2) is 0 Å². The number of hydrogen-bond donors (Lipinski definition) is 0. The van der Waals surface area contributed by atoms with E-state index in [0.717, 1.165) is 13.0 Å². The lowest BCUT2D eigenvalue weighted by Gasteiger charge is -2.24. The third kappa shape index (κ3) is 2.07. The molecule has 1 atom stereocenters. The average Bonchev–Trinajstić information content (AvgIpc) is 2.42. The molecule has 0 N–H and O–H groups in total. The Balaban J connectivity index is 2.31. The maximum Gasteiger partial charge on any atom is 0.0636 e. The molecule has 1 unspecified atom stereocenters. The van der Waals surface area contributed by atoms with Gasteiger partial charge in [-0.15, -0.1) is 0 Å². The molecule has 1 fully saturated rings. The molecule has 82 valence electrons. The first kappa shape index (κ1) is 10.7. The van der Waals surface area contributed by atoms with E-state index in [0.29, 0.717) is 0 Å². The summed E-state index contributed by atoms with van der Waals surface area (Å²) in [4.78, 5) is 0. The lowest BCUT2D eigenvalue weighted by atomic mass is 9.77. The minimum Gasteiger partial charge on any atom is -0.375 e. The summed E-state index contributed by atoms with van der Waals surface area (Å²) < 4.78 is 5.85. The summed E-state index contributed by atoms with van der Waals surface area (Å²) in [6.07, 6.45) is 1.10. The predicted octanol–water partition coefficient (Wildman–Crippen LogP) is 3.45. The van der Waals surface area contributed by atoms with Crippen molar-refractivity contribution >= 4 is 0 Å². The molecule has 1 nitrogen and oxygen atoms in total. The standard InChI is InChI=1S/C14H20O/c1-11-6-5-7-12(8-11)14(4)9-13(2,3)15-10-14/h5-8H,9-10H2,1-4H3. The Hall–Kier alpha value is -0.820. The Kier molecular flexibility index (Phi) is 2.38. The number of ether oxygens (including phenoxy) is 1. The molecule has 0 saturated carbocycles. The van der Waals surface area contributed by atoms with Crippen molar-refractivity contribution in [3.63, 3.8) is 0 Å². The second-order valence-corrected chi connectivity index (χ2v) is 5.66. The second-order valence-electron chi connectivity index (χ2n) is 5.66. The van der Waals surface area contributed by atoms with Crippen LogP contribution >= 0.6 is 0 Å². The molecule has 0 spiro atoms. The van der Waals surface area contributed by atoms with Gasteiger partial charge in [-0.3, -0.25) is 0 Å². The van der Waals surface area contributed by atoms with Crippen LogP contribution in [0, 0.1) is 6.92 Å². The SMILES string of the molecule is Cc1cccc(C2(C)COC(C)(C)C2)c1. The van der Waals surface area contributed by atoms with Crippen LogP contribution in [0.15, 0.2) is 24.3 Å². The third-order valence-electron chi connectivity index (χ3n) is 3.31. The second kappa shape index (κ2) is 3.34. The molecule has 0 bridgehead atoms. The van der Waals surface area contributed by atoms with E-state index in [9.17, 15) is 0 Å². The lowest BCUT2D eigenvalue weighted by Crippen LogP contribution is -2.24. The van der Waals surface area contributed by atoms with Crippen molar-refractivity contribution in [2.75, 3.05) is 6.61 Å². The van der Waals surface area contributed by atoms with E-state index in [4.69, 9.17) is 4.74 Å². The summed E-state index contributed by atoms with van der Waals surface area (Å²) >= 11 is 0. The van der Waals surface area contributed by atoms with Crippen LogP contribution in [0.3, 0.4) is 0 Å². The molecule has 1 aromatic rings. The Morgan fingerprint density at radius 1 is 1.20 bits per heavy atom. The van der Waals surface area contributed by atoms with Crippen molar-refractivity contribution in [1.82, 2.24) is 0 Å². The van der Waals surface area contributed by atoms with Crippen molar-refractivity contribution in [3.05, 3.63) is 35.4 Å². The van der Waals surface area contributed by atoms with Crippen molar-refractivity contribution in [1.29, 1.82) is 0 Å². The van der Waals surface area contributed by atoms with Crippen LogP contribution in [0.2, 0.25) is 0 Å². The van der Waals surface area contributed by atoms with Gasteiger partial charge in [0, 0.05) is 5.41 Å². The number of rotatable bonds is 1. The van der Waals surface area contributed by atoms with Gasteiger partial charge in [-0.2, -0.15) is 0 Å².